The second-order valence-electron chi connectivity index (χ2n) is 3.65. The first kappa shape index (κ1) is 14.2. The number of rotatable bonds is 5. The van der Waals surface area contributed by atoms with E-state index in [0.29, 0.717) is 18.8 Å². The summed E-state index contributed by atoms with van der Waals surface area (Å²) in [6.45, 7) is -0.121. The molecule has 7 heteroatoms. The van der Waals surface area contributed by atoms with Crippen LogP contribution in [0.2, 0.25) is 0 Å². The fourth-order valence-corrected chi connectivity index (χ4v) is 1.60. The molecule has 1 aliphatic rings. The van der Waals surface area contributed by atoms with E-state index < -0.39 is 37.3 Å². The fourth-order valence-electron chi connectivity index (χ4n) is 1.47. The molecule has 0 radical (unpaired) electrons. The summed E-state index contributed by atoms with van der Waals surface area (Å²) in [6, 6.07) is 0. The molecule has 1 rings (SSSR count). The van der Waals surface area contributed by atoms with Gasteiger partial charge >= 0.3 is 0 Å². The lowest BCUT2D eigenvalue weighted by Gasteiger charge is -2.39. The van der Waals surface area contributed by atoms with Crippen LogP contribution in [0.3, 0.4) is 0 Å². The van der Waals surface area contributed by atoms with E-state index in [1.165, 1.54) is 0 Å². The highest BCUT2D eigenvalue weighted by atomic mass is 32.1. The normalized spacial score (nSPS) is 39.9. The number of thiol groups is 1. The number of hydrogen-bond acceptors (Lipinski definition) is 7. The van der Waals surface area contributed by atoms with Gasteiger partial charge in [-0.05, 0) is 12.2 Å². The molecule has 0 aromatic heterocycles. The van der Waals surface area contributed by atoms with Crippen molar-refractivity contribution in [2.24, 2.45) is 0 Å². The average molecular weight is 254 g/mol. The maximum Gasteiger partial charge on any atom is 0.186 e. The molecule has 1 heterocycles. The Kier molecular flexibility index (Phi) is 5.98. The highest BCUT2D eigenvalue weighted by molar-refractivity contribution is 7.80. The Balaban J connectivity index is 2.50. The minimum absolute atomic E-state index is 0.326. The molecule has 0 aromatic rings. The Bertz CT molecular complexity index is 202. The first-order valence-corrected chi connectivity index (χ1v) is 5.78. The number of aliphatic hydroxyl groups excluding tert-OH is 4. The van der Waals surface area contributed by atoms with E-state index in [2.05, 4.69) is 12.6 Å². The largest absolute Gasteiger partial charge is 0.394 e. The smallest absolute Gasteiger partial charge is 0.186 e. The minimum atomic E-state index is -1.38. The van der Waals surface area contributed by atoms with Crippen LogP contribution in [0.5, 0.6) is 0 Å². The van der Waals surface area contributed by atoms with Gasteiger partial charge in [-0.2, -0.15) is 12.6 Å². The van der Waals surface area contributed by atoms with E-state index in [4.69, 9.17) is 14.6 Å². The van der Waals surface area contributed by atoms with Gasteiger partial charge in [-0.3, -0.25) is 0 Å². The van der Waals surface area contributed by atoms with Crippen LogP contribution in [-0.2, 0) is 9.47 Å². The first-order chi connectivity index (χ1) is 7.61. The molecule has 1 fully saturated rings. The summed E-state index contributed by atoms with van der Waals surface area (Å²) < 4.78 is 10.3. The van der Waals surface area contributed by atoms with Crippen molar-refractivity contribution in [2.45, 2.75) is 37.1 Å². The van der Waals surface area contributed by atoms with Crippen LogP contribution in [0.1, 0.15) is 6.42 Å². The second kappa shape index (κ2) is 6.75. The van der Waals surface area contributed by atoms with Gasteiger partial charge in [-0.15, -0.1) is 0 Å². The fraction of sp³-hybridized carbons (Fsp3) is 1.00. The molecular weight excluding hydrogens is 236 g/mol. The molecular formula is C9H18O6S. The van der Waals surface area contributed by atoms with E-state index >= 15 is 0 Å². The molecule has 4 N–H and O–H groups in total. The van der Waals surface area contributed by atoms with Gasteiger partial charge in [-0.1, -0.05) is 0 Å². The van der Waals surface area contributed by atoms with Crippen LogP contribution in [0.25, 0.3) is 0 Å². The third-order valence-electron chi connectivity index (χ3n) is 2.43. The minimum Gasteiger partial charge on any atom is -0.394 e. The van der Waals surface area contributed by atoms with E-state index in [9.17, 15) is 15.3 Å². The summed E-state index contributed by atoms with van der Waals surface area (Å²) in [4.78, 5) is 0. The second-order valence-corrected chi connectivity index (χ2v) is 4.09. The molecule has 0 spiro atoms. The quantitative estimate of drug-likeness (QED) is 0.291. The van der Waals surface area contributed by atoms with Crippen LogP contribution >= 0.6 is 12.6 Å². The van der Waals surface area contributed by atoms with Crippen molar-refractivity contribution >= 4 is 12.6 Å². The molecule has 0 aliphatic carbocycles. The highest BCUT2D eigenvalue weighted by Crippen LogP contribution is 2.21. The molecule has 5 unspecified atom stereocenters. The van der Waals surface area contributed by atoms with Crippen LogP contribution in [-0.4, -0.2) is 70.1 Å². The zero-order chi connectivity index (χ0) is 12.1. The predicted molar refractivity (Wildman–Crippen MR) is 58.2 cm³/mol. The highest BCUT2D eigenvalue weighted by Gasteiger charge is 2.43. The van der Waals surface area contributed by atoms with Crippen molar-refractivity contribution < 1.29 is 29.9 Å². The predicted octanol–water partition coefficient (Wildman–Crippen LogP) is -1.88. The molecule has 0 bridgehead atoms. The standard InChI is InChI=1S/C9H18O6S/c10-4-5-6(11)7(12)8(13)9(15-5)14-2-1-3-16/h5-13,16H,1-4H2. The topological polar surface area (TPSA) is 99.4 Å². The summed E-state index contributed by atoms with van der Waals surface area (Å²) in [5.41, 5.74) is 0. The van der Waals surface area contributed by atoms with Crippen molar-refractivity contribution in [3.05, 3.63) is 0 Å². The van der Waals surface area contributed by atoms with Gasteiger partial charge in [0, 0.05) is 0 Å². The molecule has 16 heavy (non-hydrogen) atoms. The van der Waals surface area contributed by atoms with Crippen LogP contribution in [0.4, 0.5) is 0 Å². The SMILES string of the molecule is OCC1OC(OCCCS)C(O)C(O)C1O. The first-order valence-electron chi connectivity index (χ1n) is 5.14. The monoisotopic (exact) mass is 254 g/mol. The molecule has 6 nitrogen and oxygen atoms in total. The molecule has 0 saturated carbocycles. The third kappa shape index (κ3) is 3.30. The van der Waals surface area contributed by atoms with E-state index in [-0.39, 0.29) is 0 Å². The summed E-state index contributed by atoms with van der Waals surface area (Å²) in [6.07, 6.45) is -5.32. The van der Waals surface area contributed by atoms with Gasteiger partial charge in [0.25, 0.3) is 0 Å². The van der Waals surface area contributed by atoms with Crippen molar-refractivity contribution in [3.8, 4) is 0 Å². The van der Waals surface area contributed by atoms with Gasteiger partial charge in [-0.25, -0.2) is 0 Å². The van der Waals surface area contributed by atoms with Gasteiger partial charge in [0.05, 0.1) is 13.2 Å². The van der Waals surface area contributed by atoms with E-state index in [1.807, 2.05) is 0 Å². The number of ether oxygens (including phenoxy) is 2. The molecule has 5 atom stereocenters. The molecule has 1 aliphatic heterocycles. The maximum absolute atomic E-state index is 9.56. The zero-order valence-corrected chi connectivity index (χ0v) is 9.66. The summed E-state index contributed by atoms with van der Waals surface area (Å²) >= 11 is 4.00. The third-order valence-corrected chi connectivity index (χ3v) is 2.75. The zero-order valence-electron chi connectivity index (χ0n) is 8.77. The van der Waals surface area contributed by atoms with Crippen molar-refractivity contribution in [2.75, 3.05) is 19.0 Å². The van der Waals surface area contributed by atoms with Crippen LogP contribution in [0.15, 0.2) is 0 Å². The van der Waals surface area contributed by atoms with E-state index in [0.717, 1.165) is 0 Å². The van der Waals surface area contributed by atoms with Gasteiger partial charge in [0.1, 0.15) is 24.4 Å². The Labute approximate surface area is 99.2 Å². The Hall–Kier alpha value is 0.110. The Morgan fingerprint density at radius 2 is 1.81 bits per heavy atom. The van der Waals surface area contributed by atoms with Gasteiger partial charge < -0.3 is 29.9 Å². The molecule has 96 valence electrons. The lowest BCUT2D eigenvalue weighted by molar-refractivity contribution is -0.300. The Morgan fingerprint density at radius 3 is 2.38 bits per heavy atom. The molecule has 1 saturated heterocycles. The maximum atomic E-state index is 9.56. The lowest BCUT2D eigenvalue weighted by Crippen LogP contribution is -2.59. The van der Waals surface area contributed by atoms with Crippen molar-refractivity contribution in [3.63, 3.8) is 0 Å². The average Bonchev–Trinajstić information content (AvgIpc) is 2.29. The summed E-state index contributed by atoms with van der Waals surface area (Å²) in [5.74, 6) is 0.636. The number of aliphatic hydroxyl groups is 4. The van der Waals surface area contributed by atoms with Crippen LogP contribution < -0.4 is 0 Å². The summed E-state index contributed by atoms with van der Waals surface area (Å²) in [5, 5.41) is 37.4. The van der Waals surface area contributed by atoms with Crippen molar-refractivity contribution in [1.82, 2.24) is 0 Å². The van der Waals surface area contributed by atoms with Crippen LogP contribution in [0, 0.1) is 0 Å². The molecule has 0 amide bonds. The summed E-state index contributed by atoms with van der Waals surface area (Å²) in [7, 11) is 0. The lowest BCUT2D eigenvalue weighted by atomic mass is 9.99. The Morgan fingerprint density at radius 1 is 1.12 bits per heavy atom. The van der Waals surface area contributed by atoms with Crippen molar-refractivity contribution in [1.29, 1.82) is 0 Å². The van der Waals surface area contributed by atoms with E-state index in [1.54, 1.807) is 0 Å². The van der Waals surface area contributed by atoms with Gasteiger partial charge in [0.15, 0.2) is 6.29 Å². The number of hydrogen-bond donors (Lipinski definition) is 5. The van der Waals surface area contributed by atoms with Gasteiger partial charge in [0.2, 0.25) is 0 Å². The molecule has 0 aromatic carbocycles.